The van der Waals surface area contributed by atoms with E-state index in [0.29, 0.717) is 6.04 Å². The van der Waals surface area contributed by atoms with Gasteiger partial charge in [0.15, 0.2) is 0 Å². The van der Waals surface area contributed by atoms with Crippen LogP contribution in [-0.2, 0) is 32.7 Å². The molecule has 0 aromatic rings. The van der Waals surface area contributed by atoms with Crippen LogP contribution in [0.25, 0.3) is 5.32 Å². The average Bonchev–Trinajstić information content (AvgIpc) is 2.04. The second kappa shape index (κ2) is 17.2. The first-order chi connectivity index (χ1) is 4.85. The Labute approximate surface area is 96.8 Å². The van der Waals surface area contributed by atoms with Crippen LogP contribution in [0.5, 0.6) is 0 Å². The molecule has 0 amide bonds. The minimum absolute atomic E-state index is 0. The van der Waals surface area contributed by atoms with Gasteiger partial charge in [0.05, 0.1) is 0 Å². The number of nitrogens with one attached hydrogen (secondary N) is 1. The van der Waals surface area contributed by atoms with E-state index in [2.05, 4.69) is 17.6 Å². The van der Waals surface area contributed by atoms with E-state index in [4.69, 9.17) is 0 Å². The number of rotatable bonds is 4. The maximum Gasteiger partial charge on any atom is 0 e. The van der Waals surface area contributed by atoms with Gasteiger partial charge in [-0.3, -0.25) is 0 Å². The van der Waals surface area contributed by atoms with Crippen molar-refractivity contribution >= 4 is 0 Å². The van der Waals surface area contributed by atoms with Gasteiger partial charge in [-0.25, -0.2) is 0 Å². The first kappa shape index (κ1) is 17.9. The Morgan fingerprint density at radius 3 is 1.91 bits per heavy atom. The van der Waals surface area contributed by atoms with E-state index in [1.165, 1.54) is 0 Å². The summed E-state index contributed by atoms with van der Waals surface area (Å²) in [6.07, 6.45) is 1.16. The summed E-state index contributed by atoms with van der Waals surface area (Å²) >= 11 is 0. The van der Waals surface area contributed by atoms with Crippen LogP contribution in [0, 0.1) is 0 Å². The number of hydrogen-bond acceptors (Lipinski definition) is 1. The molecule has 11 heavy (non-hydrogen) atoms. The molecule has 0 aliphatic heterocycles. The summed E-state index contributed by atoms with van der Waals surface area (Å²) in [5.41, 5.74) is 0. The summed E-state index contributed by atoms with van der Waals surface area (Å²) in [4.78, 5) is 0. The van der Waals surface area contributed by atoms with Crippen LogP contribution >= 0.6 is 0 Å². The van der Waals surface area contributed by atoms with Gasteiger partial charge in [0.25, 0.3) is 0 Å². The van der Waals surface area contributed by atoms with Crippen LogP contribution in [0.4, 0.5) is 0 Å². The maximum absolute atomic E-state index is 4.02. The van der Waals surface area contributed by atoms with Gasteiger partial charge >= 0.3 is 0 Å². The van der Waals surface area contributed by atoms with Crippen LogP contribution in [0.3, 0.4) is 0 Å². The minimum Gasteiger partial charge on any atom is -0.664 e. The molecule has 1 N–H and O–H groups in total. The van der Waals surface area contributed by atoms with Crippen molar-refractivity contribution in [2.24, 2.45) is 0 Å². The summed E-state index contributed by atoms with van der Waals surface area (Å²) < 4.78 is 0. The standard InChI is InChI=1S/C6H15N2.C2H6.Y/c1-4-6(8-3)5-7-2;1-2;/h6,8H,4-5H2,1-3H3;1-2H3;/q-1;;. The van der Waals surface area contributed by atoms with Gasteiger partial charge in [0.1, 0.15) is 0 Å². The Kier molecular flexibility index (Phi) is 28.1. The molecule has 0 rings (SSSR count). The summed E-state index contributed by atoms with van der Waals surface area (Å²) in [5.74, 6) is 0. The van der Waals surface area contributed by atoms with E-state index < -0.39 is 0 Å². The number of likely N-dealkylation sites (N-methyl/N-ethyl adjacent to an activating group) is 2. The molecule has 0 aliphatic carbocycles. The monoisotopic (exact) mass is 234 g/mol. The second-order valence-electron chi connectivity index (χ2n) is 1.89. The zero-order valence-electron chi connectivity index (χ0n) is 8.52. The fraction of sp³-hybridized carbons (Fsp3) is 1.00. The molecule has 0 bridgehead atoms. The Morgan fingerprint density at radius 1 is 1.36 bits per heavy atom. The molecule has 1 radical (unpaired) electrons. The zero-order chi connectivity index (χ0) is 8.41. The van der Waals surface area contributed by atoms with E-state index in [0.717, 1.165) is 13.0 Å². The Balaban J connectivity index is -0.000000196. The third kappa shape index (κ3) is 13.9. The Bertz CT molecular complexity index is 47.4. The van der Waals surface area contributed by atoms with Crippen molar-refractivity contribution in [2.45, 2.75) is 33.2 Å². The summed E-state index contributed by atoms with van der Waals surface area (Å²) in [6.45, 7) is 7.10. The first-order valence-corrected chi connectivity index (χ1v) is 4.08. The molecule has 0 heterocycles. The maximum atomic E-state index is 4.02. The summed E-state index contributed by atoms with van der Waals surface area (Å²) in [7, 11) is 3.82. The van der Waals surface area contributed by atoms with E-state index in [9.17, 15) is 0 Å². The van der Waals surface area contributed by atoms with E-state index in [1.54, 1.807) is 0 Å². The summed E-state index contributed by atoms with van der Waals surface area (Å²) in [6, 6.07) is 0.583. The molecule has 67 valence electrons. The topological polar surface area (TPSA) is 26.1 Å². The summed E-state index contributed by atoms with van der Waals surface area (Å²) in [5, 5.41) is 7.17. The minimum atomic E-state index is 0. The predicted octanol–water partition coefficient (Wildman–Crippen LogP) is 2.01. The molecule has 1 unspecified atom stereocenters. The van der Waals surface area contributed by atoms with Crippen molar-refractivity contribution in [2.75, 3.05) is 20.6 Å². The van der Waals surface area contributed by atoms with Gasteiger partial charge < -0.3 is 10.6 Å². The van der Waals surface area contributed by atoms with E-state index >= 15 is 0 Å². The molecule has 0 aliphatic rings. The first-order valence-electron chi connectivity index (χ1n) is 4.08. The molecule has 1 atom stereocenters. The van der Waals surface area contributed by atoms with Gasteiger partial charge in [0.2, 0.25) is 0 Å². The van der Waals surface area contributed by atoms with Crippen LogP contribution in [0.2, 0.25) is 0 Å². The third-order valence-corrected chi connectivity index (χ3v) is 1.30. The van der Waals surface area contributed by atoms with Gasteiger partial charge in [-0.15, -0.1) is 6.54 Å². The molecular weight excluding hydrogens is 213 g/mol. The molecule has 0 fully saturated rings. The van der Waals surface area contributed by atoms with E-state index in [-0.39, 0.29) is 32.7 Å². The van der Waals surface area contributed by atoms with Crippen molar-refractivity contribution in [3.63, 3.8) is 0 Å². The van der Waals surface area contributed by atoms with Crippen LogP contribution in [0.1, 0.15) is 27.2 Å². The largest absolute Gasteiger partial charge is 0.664 e. The van der Waals surface area contributed by atoms with Gasteiger partial charge in [-0.05, 0) is 19.5 Å². The molecule has 0 saturated heterocycles. The fourth-order valence-electron chi connectivity index (χ4n) is 0.645. The third-order valence-electron chi connectivity index (χ3n) is 1.30. The van der Waals surface area contributed by atoms with Crippen molar-refractivity contribution < 1.29 is 32.7 Å². The van der Waals surface area contributed by atoms with E-state index in [1.807, 2.05) is 27.9 Å². The van der Waals surface area contributed by atoms with Crippen LogP contribution < -0.4 is 5.32 Å². The van der Waals surface area contributed by atoms with Crippen molar-refractivity contribution in [3.05, 3.63) is 5.32 Å². The number of nitrogens with zero attached hydrogens (tertiary/aromatic N) is 1. The molecule has 3 heteroatoms. The predicted molar refractivity (Wildman–Crippen MR) is 48.6 cm³/mol. The Morgan fingerprint density at radius 2 is 1.82 bits per heavy atom. The molecule has 0 aromatic heterocycles. The second-order valence-corrected chi connectivity index (χ2v) is 1.89. The average molecular weight is 234 g/mol. The van der Waals surface area contributed by atoms with Crippen molar-refractivity contribution in [1.29, 1.82) is 0 Å². The van der Waals surface area contributed by atoms with Crippen molar-refractivity contribution in [1.82, 2.24) is 5.32 Å². The molecule has 0 aromatic carbocycles. The number of hydrogen-bond donors (Lipinski definition) is 1. The SMILES string of the molecule is CC.CCC(C[N-]C)NC.[Y]. The Hall–Kier alpha value is 1.02. The van der Waals surface area contributed by atoms with Crippen LogP contribution in [0.15, 0.2) is 0 Å². The molecular formula is C8H21N2Y-. The molecule has 2 nitrogen and oxygen atoms in total. The molecule has 0 spiro atoms. The quantitative estimate of drug-likeness (QED) is 0.791. The normalized spacial score (nSPS) is 10.6. The smallest absolute Gasteiger partial charge is 0 e. The fourth-order valence-corrected chi connectivity index (χ4v) is 0.645. The molecule has 0 saturated carbocycles. The van der Waals surface area contributed by atoms with Crippen molar-refractivity contribution in [3.8, 4) is 0 Å². The van der Waals surface area contributed by atoms with Gasteiger partial charge in [-0.1, -0.05) is 20.8 Å². The van der Waals surface area contributed by atoms with Gasteiger partial charge in [-0.2, -0.15) is 7.05 Å². The zero-order valence-corrected chi connectivity index (χ0v) is 11.4. The van der Waals surface area contributed by atoms with Gasteiger partial charge in [0, 0.05) is 32.7 Å². The van der Waals surface area contributed by atoms with Crippen LogP contribution in [-0.4, -0.2) is 26.7 Å².